The van der Waals surface area contributed by atoms with Crippen molar-refractivity contribution >= 4 is 34.4 Å². The molecular weight excluding hydrogens is 405 g/mol. The molecule has 1 aliphatic rings. The van der Waals surface area contributed by atoms with Crippen molar-refractivity contribution in [3.8, 4) is 0 Å². The molecule has 1 aliphatic heterocycles. The lowest BCUT2D eigenvalue weighted by Crippen LogP contribution is -2.42. The second-order valence-corrected chi connectivity index (χ2v) is 7.17. The van der Waals surface area contributed by atoms with E-state index in [1.807, 2.05) is 30.3 Å². The highest BCUT2D eigenvalue weighted by Crippen LogP contribution is 2.40. The number of benzene rings is 1. The van der Waals surface area contributed by atoms with Gasteiger partial charge in [-0.2, -0.15) is 0 Å². The van der Waals surface area contributed by atoms with Crippen molar-refractivity contribution in [3.05, 3.63) is 52.7 Å². The molecule has 1 aromatic carbocycles. The van der Waals surface area contributed by atoms with Crippen LogP contribution in [0.1, 0.15) is 34.1 Å². The zero-order chi connectivity index (χ0) is 21.3. The maximum Gasteiger partial charge on any atom is 0.486 e. The first-order chi connectivity index (χ1) is 13.7. The molecule has 154 valence electrons. The Bertz CT molecular complexity index is 984. The minimum Gasteiger partial charge on any atom is -0.363 e. The van der Waals surface area contributed by atoms with Crippen LogP contribution < -0.4 is 5.73 Å². The summed E-state index contributed by atoms with van der Waals surface area (Å²) in [6.45, 7) is 1.46. The fourth-order valence-corrected chi connectivity index (χ4v) is 3.98. The van der Waals surface area contributed by atoms with Crippen molar-refractivity contribution in [2.75, 3.05) is 6.26 Å². The van der Waals surface area contributed by atoms with Gasteiger partial charge in [-0.05, 0) is 18.2 Å². The minimum absolute atomic E-state index is 0.0664. The molecule has 0 spiro atoms. The van der Waals surface area contributed by atoms with Crippen LogP contribution in [0.25, 0.3) is 0 Å². The molecule has 0 aliphatic carbocycles. The number of nitrogens with zero attached hydrogens (tertiary/aromatic N) is 3. The van der Waals surface area contributed by atoms with Gasteiger partial charge in [-0.25, -0.2) is 4.99 Å². The lowest BCUT2D eigenvalue weighted by molar-refractivity contribution is -0.220. The number of aromatic nitrogens is 1. The number of primary amides is 1. The fraction of sp³-hybridized carbons (Fsp3) is 0.316. The number of rotatable bonds is 5. The summed E-state index contributed by atoms with van der Waals surface area (Å²) in [5.41, 5.74) is 6.50. The summed E-state index contributed by atoms with van der Waals surface area (Å²) in [6.07, 6.45) is -2.85. The molecule has 0 fully saturated rings. The van der Waals surface area contributed by atoms with Gasteiger partial charge in [-0.15, -0.1) is 13.2 Å². The number of fused-ring (bicyclic) bond motifs is 1. The number of ketones is 1. The molecule has 2 aromatic rings. The van der Waals surface area contributed by atoms with Crippen molar-refractivity contribution in [1.29, 1.82) is 0 Å². The largest absolute Gasteiger partial charge is 0.486 e. The van der Waals surface area contributed by atoms with Crippen LogP contribution in [0.4, 0.5) is 19.0 Å². The first kappa shape index (κ1) is 21.0. The zero-order valence-electron chi connectivity index (χ0n) is 15.8. The summed E-state index contributed by atoms with van der Waals surface area (Å²) in [6, 6.07) is 9.27. The number of alkyl halides is 3. The van der Waals surface area contributed by atoms with Crippen molar-refractivity contribution in [3.63, 3.8) is 0 Å². The molecule has 0 unspecified atom stereocenters. The highest BCUT2D eigenvalue weighted by atomic mass is 32.2. The SMILES string of the molecule is CCc1c(C(=O)C(N)=O)c2c(n1Cc1ccccc1)N=C(SC)N(C(F)(F)F)C2. The number of carbonyl (C=O) groups excluding carboxylic acids is 2. The first-order valence-electron chi connectivity index (χ1n) is 8.78. The highest BCUT2D eigenvalue weighted by molar-refractivity contribution is 8.13. The fourth-order valence-electron chi connectivity index (χ4n) is 3.42. The third-order valence-corrected chi connectivity index (χ3v) is 5.33. The molecule has 0 radical (unpaired) electrons. The average Bonchev–Trinajstić information content (AvgIpc) is 2.98. The number of hydrogen-bond acceptors (Lipinski definition) is 5. The van der Waals surface area contributed by atoms with Crippen LogP contribution in [0.5, 0.6) is 0 Å². The first-order valence-corrected chi connectivity index (χ1v) is 10.0. The van der Waals surface area contributed by atoms with Gasteiger partial charge in [0, 0.05) is 17.8 Å². The van der Waals surface area contributed by atoms with E-state index in [9.17, 15) is 22.8 Å². The predicted octanol–water partition coefficient (Wildman–Crippen LogP) is 3.45. The van der Waals surface area contributed by atoms with E-state index < -0.39 is 24.5 Å². The molecule has 2 N–H and O–H groups in total. The summed E-state index contributed by atoms with van der Waals surface area (Å²) in [7, 11) is 0. The van der Waals surface area contributed by atoms with Crippen LogP contribution >= 0.6 is 11.8 Å². The van der Waals surface area contributed by atoms with E-state index in [2.05, 4.69) is 4.99 Å². The monoisotopic (exact) mass is 424 g/mol. The molecule has 0 atom stereocenters. The second kappa shape index (κ2) is 7.94. The Morgan fingerprint density at radius 3 is 2.41 bits per heavy atom. The Hall–Kier alpha value is -2.75. The van der Waals surface area contributed by atoms with Gasteiger partial charge >= 0.3 is 6.30 Å². The summed E-state index contributed by atoms with van der Waals surface area (Å²) in [5, 5.41) is -0.225. The van der Waals surface area contributed by atoms with Gasteiger partial charge in [0.05, 0.1) is 12.1 Å². The van der Waals surface area contributed by atoms with E-state index in [1.165, 1.54) is 6.26 Å². The smallest absolute Gasteiger partial charge is 0.363 e. The lowest BCUT2D eigenvalue weighted by Gasteiger charge is -2.30. The number of Topliss-reactive ketones (excluding diaryl/α,β-unsaturated/α-hetero) is 1. The van der Waals surface area contributed by atoms with Gasteiger partial charge in [0.2, 0.25) is 0 Å². The van der Waals surface area contributed by atoms with Gasteiger partial charge < -0.3 is 10.3 Å². The van der Waals surface area contributed by atoms with E-state index in [0.29, 0.717) is 18.7 Å². The number of nitrogens with two attached hydrogens (primary N) is 1. The van der Waals surface area contributed by atoms with E-state index in [-0.39, 0.29) is 27.0 Å². The normalized spacial score (nSPS) is 13.8. The zero-order valence-corrected chi connectivity index (χ0v) is 16.6. The summed E-state index contributed by atoms with van der Waals surface area (Å²) in [5.74, 6) is -1.97. The Morgan fingerprint density at radius 1 is 1.24 bits per heavy atom. The molecule has 0 saturated heterocycles. The third-order valence-electron chi connectivity index (χ3n) is 4.65. The second-order valence-electron chi connectivity index (χ2n) is 6.40. The Balaban J connectivity index is 2.26. The Labute approximate surface area is 169 Å². The van der Waals surface area contributed by atoms with Crippen molar-refractivity contribution in [2.45, 2.75) is 32.7 Å². The highest BCUT2D eigenvalue weighted by Gasteiger charge is 2.44. The van der Waals surface area contributed by atoms with Crippen LogP contribution in [0, 0.1) is 0 Å². The van der Waals surface area contributed by atoms with Crippen LogP contribution in [-0.4, -0.2) is 38.9 Å². The number of amidine groups is 1. The number of hydrogen-bond donors (Lipinski definition) is 1. The van der Waals surface area contributed by atoms with Gasteiger partial charge in [0.1, 0.15) is 5.82 Å². The summed E-state index contributed by atoms with van der Waals surface area (Å²) >= 11 is 0.863. The average molecular weight is 424 g/mol. The molecule has 2 heterocycles. The Morgan fingerprint density at radius 2 is 1.90 bits per heavy atom. The molecule has 10 heteroatoms. The molecule has 0 saturated carbocycles. The number of carbonyl (C=O) groups is 2. The summed E-state index contributed by atoms with van der Waals surface area (Å²) in [4.78, 5) is 28.5. The van der Waals surface area contributed by atoms with Crippen LogP contribution in [-0.2, 0) is 24.3 Å². The molecule has 29 heavy (non-hydrogen) atoms. The maximum absolute atomic E-state index is 13.5. The van der Waals surface area contributed by atoms with Gasteiger partial charge in [-0.1, -0.05) is 49.0 Å². The van der Waals surface area contributed by atoms with Gasteiger partial charge in [0.15, 0.2) is 5.17 Å². The molecular formula is C19H19F3N4O2S. The van der Waals surface area contributed by atoms with Crippen molar-refractivity contribution < 1.29 is 22.8 Å². The van der Waals surface area contributed by atoms with E-state index in [1.54, 1.807) is 11.5 Å². The van der Waals surface area contributed by atoms with Crippen LogP contribution in [0.2, 0.25) is 0 Å². The van der Waals surface area contributed by atoms with Gasteiger partial charge in [-0.3, -0.25) is 14.5 Å². The molecule has 3 rings (SSSR count). The Kier molecular flexibility index (Phi) is 5.74. The lowest BCUT2D eigenvalue weighted by atomic mass is 10.0. The quantitative estimate of drug-likeness (QED) is 0.453. The molecule has 1 aromatic heterocycles. The number of aliphatic imine (C=N–C) groups is 1. The summed E-state index contributed by atoms with van der Waals surface area (Å²) < 4.78 is 42.3. The van der Waals surface area contributed by atoms with Crippen LogP contribution in [0.3, 0.4) is 0 Å². The topological polar surface area (TPSA) is 80.7 Å². The predicted molar refractivity (Wildman–Crippen MR) is 105 cm³/mol. The van der Waals surface area contributed by atoms with Crippen LogP contribution in [0.15, 0.2) is 35.3 Å². The molecule has 0 bridgehead atoms. The minimum atomic E-state index is -4.68. The van der Waals surface area contributed by atoms with E-state index >= 15 is 0 Å². The van der Waals surface area contributed by atoms with Gasteiger partial charge in [0.25, 0.3) is 11.7 Å². The standard InChI is InChI=1S/C19H19F3N4O2S/c1-3-13-14(15(27)16(23)28)12-10-26(19(20,21)22)18(29-2)24-17(12)25(13)9-11-7-5-4-6-8-11/h4-8H,3,9-10H2,1-2H3,(H2,23,28). The number of halogens is 3. The molecule has 6 nitrogen and oxygen atoms in total. The third kappa shape index (κ3) is 3.89. The van der Waals surface area contributed by atoms with E-state index in [0.717, 1.165) is 17.3 Å². The molecule has 1 amide bonds. The maximum atomic E-state index is 13.5. The van der Waals surface area contributed by atoms with Crippen molar-refractivity contribution in [2.24, 2.45) is 10.7 Å². The van der Waals surface area contributed by atoms with Crippen molar-refractivity contribution in [1.82, 2.24) is 9.47 Å². The number of amides is 1. The number of thioether (sulfide) groups is 1. The van der Waals surface area contributed by atoms with E-state index in [4.69, 9.17) is 5.73 Å².